The molecule has 0 fully saturated rings. The molecule has 0 saturated carbocycles. The number of anilines is 1. The van der Waals surface area contributed by atoms with E-state index in [2.05, 4.69) is 19.2 Å². The summed E-state index contributed by atoms with van der Waals surface area (Å²) in [5.41, 5.74) is 4.68. The molecule has 3 aromatic carbocycles. The van der Waals surface area contributed by atoms with E-state index >= 15 is 0 Å². The van der Waals surface area contributed by atoms with Crippen LogP contribution in [0.5, 0.6) is 0 Å². The van der Waals surface area contributed by atoms with Gasteiger partial charge in [0.2, 0.25) is 11.8 Å². The lowest BCUT2D eigenvalue weighted by Gasteiger charge is -2.36. The number of carbonyl (C=O) groups excluding carboxylic acids is 4. The largest absolute Gasteiger partial charge is 0.394 e. The Labute approximate surface area is 312 Å². The highest BCUT2D eigenvalue weighted by molar-refractivity contribution is 6.02. The van der Waals surface area contributed by atoms with Gasteiger partial charge in [0, 0.05) is 51.5 Å². The lowest BCUT2D eigenvalue weighted by atomic mass is 9.92. The Morgan fingerprint density at radius 3 is 2.26 bits per heavy atom. The molecule has 1 aliphatic heterocycles. The van der Waals surface area contributed by atoms with Crippen molar-refractivity contribution in [1.29, 1.82) is 0 Å². The number of nitrogens with zero attached hydrogens (tertiary/aromatic N) is 5. The number of rotatable bonds is 15. The molecule has 2 atom stereocenters. The molecular weight excluding hydrogens is 668 g/mol. The van der Waals surface area contributed by atoms with E-state index in [9.17, 15) is 24.3 Å². The molecule has 11 nitrogen and oxygen atoms in total. The molecule has 0 spiro atoms. The molecule has 2 heterocycles. The number of unbranched alkanes of at least 4 members (excludes halogenated alkanes) is 2. The molecule has 2 N–H and O–H groups in total. The summed E-state index contributed by atoms with van der Waals surface area (Å²) in [4.78, 5) is 60.2. The second-order valence-electron chi connectivity index (χ2n) is 13.9. The number of amides is 4. The molecule has 280 valence electrons. The molecular formula is C42H52N6O5. The lowest BCUT2D eigenvalue weighted by Crippen LogP contribution is -2.42. The number of carbonyl (C=O) groups is 4. The average Bonchev–Trinajstić information content (AvgIpc) is 3.56. The number of nitrogens with one attached hydrogen (secondary N) is 1. The second-order valence-corrected chi connectivity index (χ2v) is 13.9. The van der Waals surface area contributed by atoms with Gasteiger partial charge in [0.05, 0.1) is 29.8 Å². The van der Waals surface area contributed by atoms with Crippen molar-refractivity contribution in [2.45, 2.75) is 71.3 Å². The van der Waals surface area contributed by atoms with Crippen molar-refractivity contribution in [2.75, 3.05) is 45.7 Å². The fourth-order valence-corrected chi connectivity index (χ4v) is 6.85. The maximum absolute atomic E-state index is 14.7. The van der Waals surface area contributed by atoms with E-state index in [1.54, 1.807) is 47.9 Å². The van der Waals surface area contributed by atoms with Crippen LogP contribution in [-0.4, -0.2) is 93.6 Å². The van der Waals surface area contributed by atoms with Gasteiger partial charge < -0.3 is 25.1 Å². The van der Waals surface area contributed by atoms with Crippen molar-refractivity contribution in [3.05, 3.63) is 113 Å². The Hall–Kier alpha value is -5.29. The van der Waals surface area contributed by atoms with E-state index in [0.717, 1.165) is 36.8 Å². The number of fused-ring (bicyclic) bond motifs is 1. The van der Waals surface area contributed by atoms with Gasteiger partial charge in [0.25, 0.3) is 11.8 Å². The molecule has 0 bridgehead atoms. The SMILES string of the molecule is CCCCN(CCCC)C(=O)c1cc(C)n(-c2ccc(NC(=O)C(CC(=O)N(C)C)c3ccccc3)cc2C(=O)N2CCc3ccccc3[C@H]2CO)n1. The first-order valence-electron chi connectivity index (χ1n) is 18.6. The summed E-state index contributed by atoms with van der Waals surface area (Å²) >= 11 is 0. The Bertz CT molecular complexity index is 1900. The number of aliphatic hydroxyl groups excluding tert-OH is 1. The lowest BCUT2D eigenvalue weighted by molar-refractivity contribution is -0.131. The minimum Gasteiger partial charge on any atom is -0.394 e. The van der Waals surface area contributed by atoms with Gasteiger partial charge in [-0.1, -0.05) is 81.3 Å². The number of aryl methyl sites for hydroxylation is 1. The molecule has 4 amide bonds. The third kappa shape index (κ3) is 9.03. The van der Waals surface area contributed by atoms with E-state index in [1.165, 1.54) is 4.90 Å². The quantitative estimate of drug-likeness (QED) is 0.152. The summed E-state index contributed by atoms with van der Waals surface area (Å²) in [7, 11) is 3.31. The van der Waals surface area contributed by atoms with Crippen LogP contribution in [0.3, 0.4) is 0 Å². The molecule has 1 unspecified atom stereocenters. The van der Waals surface area contributed by atoms with Gasteiger partial charge >= 0.3 is 0 Å². The van der Waals surface area contributed by atoms with E-state index in [0.29, 0.717) is 54.4 Å². The van der Waals surface area contributed by atoms with E-state index in [4.69, 9.17) is 5.10 Å². The first-order valence-corrected chi connectivity index (χ1v) is 18.6. The van der Waals surface area contributed by atoms with Crippen molar-refractivity contribution < 1.29 is 24.3 Å². The minimum absolute atomic E-state index is 0.0328. The molecule has 4 aromatic rings. The Kier molecular flexibility index (Phi) is 13.2. The van der Waals surface area contributed by atoms with Crippen molar-refractivity contribution in [1.82, 2.24) is 24.5 Å². The van der Waals surface area contributed by atoms with Crippen molar-refractivity contribution in [2.24, 2.45) is 0 Å². The highest BCUT2D eigenvalue weighted by Gasteiger charge is 2.33. The van der Waals surface area contributed by atoms with Crippen LogP contribution >= 0.6 is 0 Å². The number of aromatic nitrogens is 2. The normalized spacial score (nSPS) is 14.3. The van der Waals surface area contributed by atoms with E-state index in [1.807, 2.05) is 66.4 Å². The monoisotopic (exact) mass is 720 g/mol. The molecule has 1 aromatic heterocycles. The first-order chi connectivity index (χ1) is 25.6. The smallest absolute Gasteiger partial charge is 0.274 e. The fraction of sp³-hybridized carbons (Fsp3) is 0.405. The average molecular weight is 721 g/mol. The van der Waals surface area contributed by atoms with Gasteiger partial charge in [0.1, 0.15) is 0 Å². The van der Waals surface area contributed by atoms with Gasteiger partial charge in [-0.15, -0.1) is 0 Å². The van der Waals surface area contributed by atoms with Crippen molar-refractivity contribution >= 4 is 29.3 Å². The van der Waals surface area contributed by atoms with Crippen LogP contribution < -0.4 is 5.32 Å². The van der Waals surface area contributed by atoms with Crippen LogP contribution in [0.25, 0.3) is 5.69 Å². The zero-order valence-electron chi connectivity index (χ0n) is 31.5. The standard InChI is InChI=1S/C42H52N6O5/c1-6-8-22-46(23-9-7-2)42(53)36-25-29(3)48(44-36)37-20-19-32(43-40(51)34(27-39(50)45(4)5)30-15-11-10-12-16-30)26-35(37)41(52)47-24-21-31-17-13-14-18-33(31)38(47)28-49/h10-20,25-26,34,38,49H,6-9,21-24,27-28H2,1-5H3,(H,43,51)/t34?,38-/m1/s1. The third-order valence-electron chi connectivity index (χ3n) is 9.92. The number of hydrogen-bond acceptors (Lipinski definition) is 6. The fourth-order valence-electron chi connectivity index (χ4n) is 6.85. The van der Waals surface area contributed by atoms with Crippen LogP contribution in [0, 0.1) is 6.92 Å². The van der Waals surface area contributed by atoms with Crippen LogP contribution in [0.1, 0.15) is 101 Å². The van der Waals surface area contributed by atoms with E-state index in [-0.39, 0.29) is 42.2 Å². The summed E-state index contributed by atoms with van der Waals surface area (Å²) in [6, 6.07) is 23.2. The molecule has 0 aliphatic carbocycles. The molecule has 0 saturated heterocycles. The van der Waals surface area contributed by atoms with Gasteiger partial charge in [-0.25, -0.2) is 4.68 Å². The Morgan fingerprint density at radius 2 is 1.60 bits per heavy atom. The predicted octanol–water partition coefficient (Wildman–Crippen LogP) is 6.16. The van der Waals surface area contributed by atoms with Crippen LogP contribution in [0.15, 0.2) is 78.9 Å². The molecule has 11 heteroatoms. The number of aliphatic hydroxyl groups is 1. The predicted molar refractivity (Wildman–Crippen MR) is 206 cm³/mol. The topological polar surface area (TPSA) is 128 Å². The maximum atomic E-state index is 14.7. The van der Waals surface area contributed by atoms with Gasteiger partial charge in [-0.2, -0.15) is 5.10 Å². The highest BCUT2D eigenvalue weighted by atomic mass is 16.3. The van der Waals surface area contributed by atoms with Gasteiger partial charge in [-0.3, -0.25) is 19.2 Å². The van der Waals surface area contributed by atoms with Crippen LogP contribution in [0.2, 0.25) is 0 Å². The minimum atomic E-state index is -0.771. The first kappa shape index (κ1) is 38.9. The summed E-state index contributed by atoms with van der Waals surface area (Å²) in [6.07, 6.45) is 4.29. The highest BCUT2D eigenvalue weighted by Crippen LogP contribution is 2.33. The molecule has 0 radical (unpaired) electrons. The summed E-state index contributed by atoms with van der Waals surface area (Å²) in [5, 5.41) is 18.3. The summed E-state index contributed by atoms with van der Waals surface area (Å²) in [5.74, 6) is -1.85. The Balaban J connectivity index is 1.55. The van der Waals surface area contributed by atoms with Crippen LogP contribution in [-0.2, 0) is 16.0 Å². The Morgan fingerprint density at radius 1 is 0.925 bits per heavy atom. The zero-order valence-corrected chi connectivity index (χ0v) is 31.5. The third-order valence-corrected chi connectivity index (χ3v) is 9.92. The number of hydrogen-bond donors (Lipinski definition) is 2. The van der Waals surface area contributed by atoms with Crippen molar-refractivity contribution in [3.63, 3.8) is 0 Å². The van der Waals surface area contributed by atoms with Crippen molar-refractivity contribution in [3.8, 4) is 5.69 Å². The zero-order chi connectivity index (χ0) is 38.1. The molecule has 1 aliphatic rings. The summed E-state index contributed by atoms with van der Waals surface area (Å²) < 4.78 is 1.61. The van der Waals surface area contributed by atoms with Crippen LogP contribution in [0.4, 0.5) is 5.69 Å². The second kappa shape index (κ2) is 18.0. The molecule has 5 rings (SSSR count). The van der Waals surface area contributed by atoms with Gasteiger partial charge in [-0.05, 0) is 67.1 Å². The van der Waals surface area contributed by atoms with E-state index < -0.39 is 12.0 Å². The number of benzene rings is 3. The van der Waals surface area contributed by atoms with Gasteiger partial charge in [0.15, 0.2) is 5.69 Å². The molecule has 53 heavy (non-hydrogen) atoms. The summed E-state index contributed by atoms with van der Waals surface area (Å²) in [6.45, 7) is 7.43. The maximum Gasteiger partial charge on any atom is 0.274 e.